The number of hydrogen-bond donors (Lipinski definition) is 1. The molecule has 0 radical (unpaired) electrons. The van der Waals surface area contributed by atoms with Crippen molar-refractivity contribution in [3.63, 3.8) is 0 Å². The normalized spacial score (nSPS) is 16.9. The number of pyridine rings is 1. The van der Waals surface area contributed by atoms with E-state index in [9.17, 15) is 27.5 Å². The van der Waals surface area contributed by atoms with Gasteiger partial charge < -0.3 is 19.5 Å². The molecule has 150 valence electrons. The molecule has 28 heavy (non-hydrogen) atoms. The molecule has 1 aromatic heterocycles. The fourth-order valence-electron chi connectivity index (χ4n) is 3.08. The second kappa shape index (κ2) is 7.53. The van der Waals surface area contributed by atoms with Gasteiger partial charge in [-0.25, -0.2) is 14.2 Å². The van der Waals surface area contributed by atoms with E-state index in [0.29, 0.717) is 24.7 Å². The van der Waals surface area contributed by atoms with Crippen LogP contribution in [-0.4, -0.2) is 42.4 Å². The Kier molecular flexibility index (Phi) is 5.30. The molecular weight excluding hydrogens is 384 g/mol. The summed E-state index contributed by atoms with van der Waals surface area (Å²) in [7, 11) is 1.30. The molecule has 1 N–H and O–H groups in total. The van der Waals surface area contributed by atoms with Crippen LogP contribution in [0.5, 0.6) is 11.6 Å². The van der Waals surface area contributed by atoms with E-state index in [-0.39, 0.29) is 23.7 Å². The Bertz CT molecular complexity index is 888. The highest BCUT2D eigenvalue weighted by Gasteiger charge is 2.33. The zero-order valence-corrected chi connectivity index (χ0v) is 14.7. The third kappa shape index (κ3) is 4.10. The lowest BCUT2D eigenvalue weighted by Gasteiger charge is -2.21. The van der Waals surface area contributed by atoms with E-state index >= 15 is 0 Å². The van der Waals surface area contributed by atoms with Gasteiger partial charge in [0.1, 0.15) is 23.2 Å². The van der Waals surface area contributed by atoms with Crippen LogP contribution >= 0.6 is 0 Å². The second-order valence-corrected chi connectivity index (χ2v) is 6.17. The highest BCUT2D eigenvalue weighted by molar-refractivity contribution is 5.97. The van der Waals surface area contributed by atoms with Crippen LogP contribution in [0.4, 0.5) is 23.2 Å². The summed E-state index contributed by atoms with van der Waals surface area (Å²) in [6, 6.07) is 3.54. The number of carboxylic acids is 1. The fraction of sp³-hybridized carbons (Fsp3) is 0.333. The number of nitrogens with zero attached hydrogens (tertiary/aromatic N) is 2. The van der Waals surface area contributed by atoms with Crippen molar-refractivity contribution in [2.45, 2.75) is 18.7 Å². The van der Waals surface area contributed by atoms with Gasteiger partial charge in [-0.2, -0.15) is 13.2 Å². The molecule has 0 amide bonds. The van der Waals surface area contributed by atoms with Crippen molar-refractivity contribution in [1.82, 2.24) is 4.98 Å². The van der Waals surface area contributed by atoms with E-state index in [1.165, 1.54) is 19.4 Å². The van der Waals surface area contributed by atoms with Gasteiger partial charge in [0, 0.05) is 25.2 Å². The van der Waals surface area contributed by atoms with Gasteiger partial charge in [-0.05, 0) is 18.2 Å². The Labute approximate surface area is 157 Å². The third-order valence-electron chi connectivity index (χ3n) is 4.29. The number of methoxy groups -OCH3 is 1. The maximum Gasteiger partial charge on any atom is 0.416 e. The van der Waals surface area contributed by atoms with Crippen LogP contribution in [0.3, 0.4) is 0 Å². The molecule has 2 heterocycles. The van der Waals surface area contributed by atoms with Gasteiger partial charge in [-0.15, -0.1) is 0 Å². The molecular formula is C18H16F4N2O4. The minimum atomic E-state index is -4.69. The van der Waals surface area contributed by atoms with Crippen LogP contribution in [-0.2, 0) is 6.18 Å². The van der Waals surface area contributed by atoms with Gasteiger partial charge >= 0.3 is 12.1 Å². The molecule has 1 aliphatic rings. The molecule has 1 aromatic carbocycles. The van der Waals surface area contributed by atoms with Crippen LogP contribution < -0.4 is 14.4 Å². The first-order valence-electron chi connectivity index (χ1n) is 8.24. The summed E-state index contributed by atoms with van der Waals surface area (Å²) in [6.45, 7) is 0.616. The number of ether oxygens (including phenoxy) is 2. The van der Waals surface area contributed by atoms with Crippen molar-refractivity contribution < 1.29 is 36.9 Å². The van der Waals surface area contributed by atoms with Crippen LogP contribution in [0.2, 0.25) is 0 Å². The molecule has 0 bridgehead atoms. The van der Waals surface area contributed by atoms with Crippen molar-refractivity contribution in [1.29, 1.82) is 0 Å². The molecule has 2 aromatic rings. The molecule has 0 unspecified atom stereocenters. The number of anilines is 1. The van der Waals surface area contributed by atoms with Gasteiger partial charge in [-0.1, -0.05) is 0 Å². The highest BCUT2D eigenvalue weighted by Crippen LogP contribution is 2.34. The summed E-state index contributed by atoms with van der Waals surface area (Å²) < 4.78 is 62.5. The van der Waals surface area contributed by atoms with Crippen LogP contribution in [0, 0.1) is 5.82 Å². The predicted octanol–water partition coefficient (Wildman–Crippen LogP) is 3.60. The highest BCUT2D eigenvalue weighted by atomic mass is 19.4. The molecule has 1 fully saturated rings. The second-order valence-electron chi connectivity index (χ2n) is 6.17. The predicted molar refractivity (Wildman–Crippen MR) is 90.4 cm³/mol. The lowest BCUT2D eigenvalue weighted by molar-refractivity contribution is -0.137. The monoisotopic (exact) mass is 400 g/mol. The Hall–Kier alpha value is -3.04. The van der Waals surface area contributed by atoms with Crippen LogP contribution in [0.1, 0.15) is 22.3 Å². The standard InChI is InChI=1S/C18H16F4N2O4/c1-27-16-15(17(25)26)14(2-4-23-16)24-5-3-12(9-24)28-13-7-10(18(20,21)22)6-11(19)8-13/h2,4,6-8,12H,3,5,9H2,1H3,(H,25,26)/t12-/m0/s1. The fourth-order valence-corrected chi connectivity index (χ4v) is 3.08. The van der Waals surface area contributed by atoms with Crippen LogP contribution in [0.15, 0.2) is 30.5 Å². The number of hydrogen-bond acceptors (Lipinski definition) is 5. The largest absolute Gasteiger partial charge is 0.488 e. The summed E-state index contributed by atoms with van der Waals surface area (Å²) >= 11 is 0. The Balaban J connectivity index is 1.79. The molecule has 6 nitrogen and oxygen atoms in total. The first-order valence-corrected chi connectivity index (χ1v) is 8.24. The number of carbonyl (C=O) groups is 1. The Morgan fingerprint density at radius 2 is 2.07 bits per heavy atom. The topological polar surface area (TPSA) is 71.9 Å². The maximum absolute atomic E-state index is 13.5. The van der Waals surface area contributed by atoms with Gasteiger partial charge in [0.05, 0.1) is 24.9 Å². The molecule has 1 aliphatic heterocycles. The van der Waals surface area contributed by atoms with Gasteiger partial charge in [-0.3, -0.25) is 0 Å². The number of aromatic carboxylic acids is 1. The van der Waals surface area contributed by atoms with E-state index < -0.39 is 29.6 Å². The summed E-state index contributed by atoms with van der Waals surface area (Å²) in [6.07, 6.45) is -3.41. The average molecular weight is 400 g/mol. The van der Waals surface area contributed by atoms with E-state index in [0.717, 1.165) is 12.1 Å². The quantitative estimate of drug-likeness (QED) is 0.774. The first-order chi connectivity index (χ1) is 13.2. The van der Waals surface area contributed by atoms with Crippen molar-refractivity contribution in [2.75, 3.05) is 25.1 Å². The third-order valence-corrected chi connectivity index (χ3v) is 4.29. The molecule has 1 saturated heterocycles. The van der Waals surface area contributed by atoms with E-state index in [2.05, 4.69) is 4.98 Å². The minimum Gasteiger partial charge on any atom is -0.488 e. The molecule has 1 atom stereocenters. The molecule has 0 saturated carbocycles. The summed E-state index contributed by atoms with van der Waals surface area (Å²) in [5.74, 6) is -2.55. The lowest BCUT2D eigenvalue weighted by Crippen LogP contribution is -2.26. The zero-order valence-electron chi connectivity index (χ0n) is 14.7. The van der Waals surface area contributed by atoms with Crippen molar-refractivity contribution in [2.24, 2.45) is 0 Å². The van der Waals surface area contributed by atoms with Crippen molar-refractivity contribution in [3.8, 4) is 11.6 Å². The number of carboxylic acid groups (broad SMARTS) is 1. The molecule has 0 spiro atoms. The smallest absolute Gasteiger partial charge is 0.416 e. The summed E-state index contributed by atoms with van der Waals surface area (Å²) in [5, 5.41) is 9.45. The SMILES string of the molecule is COc1nccc(N2CC[C@H](Oc3cc(F)cc(C(F)(F)F)c3)C2)c1C(=O)O. The molecule has 10 heteroatoms. The molecule has 3 rings (SSSR count). The Morgan fingerprint density at radius 1 is 1.32 bits per heavy atom. The number of alkyl halides is 3. The maximum atomic E-state index is 13.5. The number of rotatable bonds is 5. The summed E-state index contributed by atoms with van der Waals surface area (Å²) in [4.78, 5) is 17.2. The zero-order chi connectivity index (χ0) is 20.5. The first kappa shape index (κ1) is 19.7. The minimum absolute atomic E-state index is 0.0469. The molecule has 0 aliphatic carbocycles. The van der Waals surface area contributed by atoms with Gasteiger partial charge in [0.2, 0.25) is 5.88 Å². The van der Waals surface area contributed by atoms with E-state index in [4.69, 9.17) is 9.47 Å². The average Bonchev–Trinajstić information content (AvgIpc) is 3.08. The number of halogens is 4. The van der Waals surface area contributed by atoms with Crippen LogP contribution in [0.25, 0.3) is 0 Å². The summed E-state index contributed by atoms with van der Waals surface area (Å²) in [5.41, 5.74) is -0.888. The van der Waals surface area contributed by atoms with Crippen molar-refractivity contribution in [3.05, 3.63) is 47.4 Å². The number of aromatic nitrogens is 1. The number of benzene rings is 1. The van der Waals surface area contributed by atoms with E-state index in [1.54, 1.807) is 4.90 Å². The van der Waals surface area contributed by atoms with Gasteiger partial charge in [0.25, 0.3) is 0 Å². The van der Waals surface area contributed by atoms with E-state index in [1.807, 2.05) is 0 Å². The lowest BCUT2D eigenvalue weighted by atomic mass is 10.2. The van der Waals surface area contributed by atoms with Crippen molar-refractivity contribution >= 4 is 11.7 Å². The van der Waals surface area contributed by atoms with Gasteiger partial charge in [0.15, 0.2) is 0 Å². The Morgan fingerprint density at radius 3 is 2.71 bits per heavy atom.